The number of unbranched alkanes of at least 4 members (excludes halogenated alkanes) is 1. The van der Waals surface area contributed by atoms with E-state index < -0.39 is 5.97 Å². The summed E-state index contributed by atoms with van der Waals surface area (Å²) < 4.78 is 0. The molecular weight excluding hydrogens is 339 g/mol. The van der Waals surface area contributed by atoms with Gasteiger partial charge in [-0.15, -0.1) is 12.4 Å². The van der Waals surface area contributed by atoms with Gasteiger partial charge in [0.15, 0.2) is 0 Å². The molecule has 0 saturated carbocycles. The van der Waals surface area contributed by atoms with E-state index >= 15 is 0 Å². The lowest BCUT2D eigenvalue weighted by molar-refractivity contribution is -0.137. The maximum atomic E-state index is 12.4. The smallest absolute Gasteiger partial charge is 0.303 e. The summed E-state index contributed by atoms with van der Waals surface area (Å²) in [4.78, 5) is 27.0. The van der Waals surface area contributed by atoms with Gasteiger partial charge in [-0.1, -0.05) is 17.7 Å². The van der Waals surface area contributed by atoms with E-state index in [1.165, 1.54) is 0 Å². The molecule has 5 nitrogen and oxygen atoms in total. The van der Waals surface area contributed by atoms with Crippen molar-refractivity contribution in [1.29, 1.82) is 0 Å². The first-order valence-electron chi connectivity index (χ1n) is 7.55. The van der Waals surface area contributed by atoms with Crippen LogP contribution in [0.15, 0.2) is 24.3 Å². The second-order valence-corrected chi connectivity index (χ2v) is 5.93. The van der Waals surface area contributed by atoms with Gasteiger partial charge in [0.1, 0.15) is 0 Å². The molecule has 0 bridgehead atoms. The molecule has 0 unspecified atom stereocenters. The number of halogens is 2. The van der Waals surface area contributed by atoms with Crippen molar-refractivity contribution in [2.75, 3.05) is 32.7 Å². The molecule has 1 N–H and O–H groups in total. The van der Waals surface area contributed by atoms with Crippen LogP contribution >= 0.6 is 24.0 Å². The van der Waals surface area contributed by atoms with Crippen molar-refractivity contribution in [2.45, 2.75) is 19.3 Å². The number of carboxylic acid groups (broad SMARTS) is 1. The van der Waals surface area contributed by atoms with Crippen LogP contribution in [-0.4, -0.2) is 59.5 Å². The Bertz CT molecular complexity index is 532. The molecule has 1 aromatic carbocycles. The summed E-state index contributed by atoms with van der Waals surface area (Å²) in [7, 11) is 0. The summed E-state index contributed by atoms with van der Waals surface area (Å²) in [5.74, 6) is -0.718. The van der Waals surface area contributed by atoms with Crippen molar-refractivity contribution in [2.24, 2.45) is 0 Å². The number of benzene rings is 1. The summed E-state index contributed by atoms with van der Waals surface area (Å²) in [6.07, 6.45) is 1.82. The number of piperazine rings is 1. The fourth-order valence-corrected chi connectivity index (χ4v) is 2.78. The minimum Gasteiger partial charge on any atom is -0.481 e. The molecule has 1 fully saturated rings. The molecule has 0 atom stereocenters. The number of carbonyl (C=O) groups excluding carboxylic acids is 1. The van der Waals surface area contributed by atoms with Gasteiger partial charge in [0.05, 0.1) is 0 Å². The highest BCUT2D eigenvalue weighted by atomic mass is 35.5. The first-order chi connectivity index (χ1) is 10.6. The molecular formula is C16H22Cl2N2O3. The van der Waals surface area contributed by atoms with Gasteiger partial charge in [-0.25, -0.2) is 0 Å². The van der Waals surface area contributed by atoms with Crippen LogP contribution in [0.5, 0.6) is 0 Å². The Hall–Kier alpha value is -1.30. The maximum absolute atomic E-state index is 12.4. The van der Waals surface area contributed by atoms with Crippen LogP contribution in [0, 0.1) is 0 Å². The monoisotopic (exact) mass is 360 g/mol. The highest BCUT2D eigenvalue weighted by Gasteiger charge is 2.21. The number of carbonyl (C=O) groups is 2. The summed E-state index contributed by atoms with van der Waals surface area (Å²) in [5, 5.41) is 9.18. The van der Waals surface area contributed by atoms with E-state index in [-0.39, 0.29) is 24.7 Å². The summed E-state index contributed by atoms with van der Waals surface area (Å²) in [6.45, 7) is 3.96. The number of hydrogen-bond donors (Lipinski definition) is 1. The Morgan fingerprint density at radius 2 is 1.83 bits per heavy atom. The van der Waals surface area contributed by atoms with E-state index in [2.05, 4.69) is 4.90 Å². The van der Waals surface area contributed by atoms with Crippen molar-refractivity contribution in [3.05, 3.63) is 34.9 Å². The van der Waals surface area contributed by atoms with Crippen molar-refractivity contribution in [3.63, 3.8) is 0 Å². The average Bonchev–Trinajstić information content (AvgIpc) is 2.51. The molecule has 0 spiro atoms. The highest BCUT2D eigenvalue weighted by molar-refractivity contribution is 6.30. The molecule has 0 aliphatic carbocycles. The summed E-state index contributed by atoms with van der Waals surface area (Å²) in [5.41, 5.74) is 0.627. The third-order valence-corrected chi connectivity index (χ3v) is 4.08. The summed E-state index contributed by atoms with van der Waals surface area (Å²) in [6, 6.07) is 7.02. The van der Waals surface area contributed by atoms with Gasteiger partial charge in [0, 0.05) is 43.2 Å². The lowest BCUT2D eigenvalue weighted by Gasteiger charge is -2.34. The Morgan fingerprint density at radius 3 is 2.43 bits per heavy atom. The minimum absolute atomic E-state index is 0. The molecule has 1 aliphatic heterocycles. The average molecular weight is 361 g/mol. The molecule has 1 aromatic rings. The van der Waals surface area contributed by atoms with E-state index in [9.17, 15) is 9.59 Å². The molecule has 0 aromatic heterocycles. The zero-order valence-electron chi connectivity index (χ0n) is 12.9. The maximum Gasteiger partial charge on any atom is 0.303 e. The standard InChI is InChI=1S/C16H21ClN2O3.ClH/c17-14-5-3-4-13(12-14)16(22)19-10-8-18(9-11-19)7-2-1-6-15(20)21;/h3-5,12H,1-2,6-11H2,(H,20,21);1H. The number of rotatable bonds is 6. The van der Waals surface area contributed by atoms with Gasteiger partial charge >= 0.3 is 5.97 Å². The lowest BCUT2D eigenvalue weighted by atomic mass is 10.1. The van der Waals surface area contributed by atoms with Gasteiger partial charge in [0.2, 0.25) is 0 Å². The van der Waals surface area contributed by atoms with E-state index in [1.807, 2.05) is 4.90 Å². The van der Waals surface area contributed by atoms with Crippen molar-refractivity contribution < 1.29 is 14.7 Å². The van der Waals surface area contributed by atoms with E-state index in [1.54, 1.807) is 24.3 Å². The fourth-order valence-electron chi connectivity index (χ4n) is 2.59. The third-order valence-electron chi connectivity index (χ3n) is 3.85. The van der Waals surface area contributed by atoms with Gasteiger partial charge in [-0.05, 0) is 37.6 Å². The molecule has 2 rings (SSSR count). The number of amides is 1. The van der Waals surface area contributed by atoms with Crippen LogP contribution in [0.4, 0.5) is 0 Å². The molecule has 1 aliphatic rings. The van der Waals surface area contributed by atoms with E-state index in [4.69, 9.17) is 16.7 Å². The largest absolute Gasteiger partial charge is 0.481 e. The molecule has 128 valence electrons. The Labute approximate surface area is 147 Å². The molecule has 23 heavy (non-hydrogen) atoms. The van der Waals surface area contributed by atoms with Crippen molar-refractivity contribution >= 4 is 35.9 Å². The Morgan fingerprint density at radius 1 is 1.13 bits per heavy atom. The first-order valence-corrected chi connectivity index (χ1v) is 7.93. The molecule has 1 saturated heterocycles. The molecule has 1 amide bonds. The zero-order valence-corrected chi connectivity index (χ0v) is 14.5. The van der Waals surface area contributed by atoms with Gasteiger partial charge in [-0.3, -0.25) is 14.5 Å². The first kappa shape index (κ1) is 19.7. The van der Waals surface area contributed by atoms with Gasteiger partial charge in [0.25, 0.3) is 5.91 Å². The minimum atomic E-state index is -0.739. The van der Waals surface area contributed by atoms with Crippen molar-refractivity contribution in [3.8, 4) is 0 Å². The SMILES string of the molecule is Cl.O=C(O)CCCCN1CCN(C(=O)c2cccc(Cl)c2)CC1. The number of carboxylic acids is 1. The summed E-state index contributed by atoms with van der Waals surface area (Å²) >= 11 is 5.92. The molecule has 1 heterocycles. The Balaban J connectivity index is 0.00000264. The molecule has 7 heteroatoms. The van der Waals surface area contributed by atoms with Crippen molar-refractivity contribution in [1.82, 2.24) is 9.80 Å². The fraction of sp³-hybridized carbons (Fsp3) is 0.500. The second kappa shape index (κ2) is 9.75. The number of aliphatic carboxylic acids is 1. The predicted molar refractivity (Wildman–Crippen MR) is 92.5 cm³/mol. The van der Waals surface area contributed by atoms with Crippen LogP contribution in [0.25, 0.3) is 0 Å². The second-order valence-electron chi connectivity index (χ2n) is 5.50. The lowest BCUT2D eigenvalue weighted by Crippen LogP contribution is -2.48. The topological polar surface area (TPSA) is 60.9 Å². The normalized spacial score (nSPS) is 15.1. The van der Waals surface area contributed by atoms with E-state index in [0.29, 0.717) is 30.1 Å². The zero-order chi connectivity index (χ0) is 15.9. The van der Waals surface area contributed by atoms with Gasteiger partial charge in [-0.2, -0.15) is 0 Å². The van der Waals surface area contributed by atoms with Crippen LogP contribution < -0.4 is 0 Å². The highest BCUT2D eigenvalue weighted by Crippen LogP contribution is 2.14. The quantitative estimate of drug-likeness (QED) is 0.792. The van der Waals surface area contributed by atoms with E-state index in [0.717, 1.165) is 26.1 Å². The predicted octanol–water partition coefficient (Wildman–Crippen LogP) is 2.77. The van der Waals surface area contributed by atoms with Gasteiger partial charge < -0.3 is 10.0 Å². The molecule has 0 radical (unpaired) electrons. The van der Waals surface area contributed by atoms with Crippen LogP contribution in [0.1, 0.15) is 29.6 Å². The number of nitrogens with zero attached hydrogens (tertiary/aromatic N) is 2. The van der Waals surface area contributed by atoms with Crippen LogP contribution in [0.3, 0.4) is 0 Å². The van der Waals surface area contributed by atoms with Crippen LogP contribution in [-0.2, 0) is 4.79 Å². The third kappa shape index (κ3) is 6.37. The Kier molecular flexibility index (Phi) is 8.37. The van der Waals surface area contributed by atoms with Crippen LogP contribution in [0.2, 0.25) is 5.02 Å². The number of hydrogen-bond acceptors (Lipinski definition) is 3.